The fourth-order valence-electron chi connectivity index (χ4n) is 2.93. The summed E-state index contributed by atoms with van der Waals surface area (Å²) in [5.41, 5.74) is 1.62. The molecule has 1 amide bonds. The highest BCUT2D eigenvalue weighted by atomic mass is 32.2. The SMILES string of the molecule is CCc1ccc(S(=O)(=O)N2CCN(C(=O)c3ccccc3C)CC2)s1. The Kier molecular flexibility index (Phi) is 5.27. The maximum Gasteiger partial charge on any atom is 0.254 e. The second-order valence-electron chi connectivity index (χ2n) is 6.09. The zero-order chi connectivity index (χ0) is 18.0. The highest BCUT2D eigenvalue weighted by Crippen LogP contribution is 2.26. The lowest BCUT2D eigenvalue weighted by molar-refractivity contribution is 0.0697. The fourth-order valence-corrected chi connectivity index (χ4v) is 5.80. The van der Waals surface area contributed by atoms with Crippen LogP contribution in [0.4, 0.5) is 0 Å². The number of carbonyl (C=O) groups is 1. The van der Waals surface area contributed by atoms with Crippen LogP contribution >= 0.6 is 11.3 Å². The molecular weight excluding hydrogens is 356 g/mol. The number of nitrogens with zero attached hydrogens (tertiary/aromatic N) is 2. The largest absolute Gasteiger partial charge is 0.336 e. The molecule has 1 saturated heterocycles. The van der Waals surface area contributed by atoms with Gasteiger partial charge in [0.25, 0.3) is 15.9 Å². The van der Waals surface area contributed by atoms with Gasteiger partial charge in [-0.05, 0) is 37.1 Å². The minimum Gasteiger partial charge on any atom is -0.336 e. The van der Waals surface area contributed by atoms with E-state index in [0.717, 1.165) is 16.9 Å². The molecule has 1 aliphatic heterocycles. The number of benzene rings is 1. The molecule has 0 N–H and O–H groups in total. The average molecular weight is 379 g/mol. The Hall–Kier alpha value is -1.70. The summed E-state index contributed by atoms with van der Waals surface area (Å²) in [5, 5.41) is 0. The molecule has 2 aromatic rings. The van der Waals surface area contributed by atoms with Crippen molar-refractivity contribution in [3.05, 3.63) is 52.4 Å². The lowest BCUT2D eigenvalue weighted by Crippen LogP contribution is -2.50. The zero-order valence-electron chi connectivity index (χ0n) is 14.4. The van der Waals surface area contributed by atoms with E-state index in [0.29, 0.717) is 36.0 Å². The summed E-state index contributed by atoms with van der Waals surface area (Å²) in [6.45, 7) is 5.42. The summed E-state index contributed by atoms with van der Waals surface area (Å²) in [4.78, 5) is 15.4. The molecule has 0 spiro atoms. The van der Waals surface area contributed by atoms with Crippen LogP contribution in [0, 0.1) is 6.92 Å². The number of rotatable bonds is 4. The molecule has 0 bridgehead atoms. The van der Waals surface area contributed by atoms with Crippen molar-refractivity contribution in [2.24, 2.45) is 0 Å². The fraction of sp³-hybridized carbons (Fsp3) is 0.389. The van der Waals surface area contributed by atoms with Gasteiger partial charge >= 0.3 is 0 Å². The van der Waals surface area contributed by atoms with E-state index in [2.05, 4.69) is 0 Å². The van der Waals surface area contributed by atoms with E-state index >= 15 is 0 Å². The van der Waals surface area contributed by atoms with Crippen molar-refractivity contribution in [3.8, 4) is 0 Å². The molecule has 0 aliphatic carbocycles. The average Bonchev–Trinajstić information content (AvgIpc) is 3.12. The molecule has 0 radical (unpaired) electrons. The van der Waals surface area contributed by atoms with Gasteiger partial charge in [-0.2, -0.15) is 4.31 Å². The first-order valence-corrected chi connectivity index (χ1v) is 10.6. The summed E-state index contributed by atoms with van der Waals surface area (Å²) in [5.74, 6) is -0.0282. The number of hydrogen-bond donors (Lipinski definition) is 0. The maximum atomic E-state index is 12.8. The number of carbonyl (C=O) groups excluding carboxylic acids is 1. The van der Waals surface area contributed by atoms with E-state index in [1.165, 1.54) is 15.6 Å². The van der Waals surface area contributed by atoms with Crippen molar-refractivity contribution in [2.45, 2.75) is 24.5 Å². The highest BCUT2D eigenvalue weighted by Gasteiger charge is 2.31. The third-order valence-corrected chi connectivity index (χ3v) is 8.08. The number of piperazine rings is 1. The smallest absolute Gasteiger partial charge is 0.254 e. The van der Waals surface area contributed by atoms with Crippen LogP contribution in [0.3, 0.4) is 0 Å². The van der Waals surface area contributed by atoms with E-state index in [4.69, 9.17) is 0 Å². The second-order valence-corrected chi connectivity index (χ2v) is 9.42. The molecule has 1 aromatic heterocycles. The molecule has 0 atom stereocenters. The second kappa shape index (κ2) is 7.27. The first kappa shape index (κ1) is 18.1. The number of aryl methyl sites for hydroxylation is 2. The quantitative estimate of drug-likeness (QED) is 0.822. The molecule has 1 fully saturated rings. The van der Waals surface area contributed by atoms with E-state index in [1.807, 2.05) is 44.2 Å². The van der Waals surface area contributed by atoms with Crippen LogP contribution in [0.15, 0.2) is 40.6 Å². The van der Waals surface area contributed by atoms with Crippen LogP contribution in [-0.2, 0) is 16.4 Å². The molecular formula is C18H22N2O3S2. The maximum absolute atomic E-state index is 12.8. The monoisotopic (exact) mass is 378 g/mol. The molecule has 134 valence electrons. The van der Waals surface area contributed by atoms with Gasteiger partial charge in [0.15, 0.2) is 0 Å². The molecule has 0 saturated carbocycles. The topological polar surface area (TPSA) is 57.7 Å². The predicted octanol–water partition coefficient (Wildman–Crippen LogP) is 2.77. The predicted molar refractivity (Wildman–Crippen MR) is 99.5 cm³/mol. The van der Waals surface area contributed by atoms with Crippen molar-refractivity contribution in [2.75, 3.05) is 26.2 Å². The first-order valence-electron chi connectivity index (χ1n) is 8.37. The van der Waals surface area contributed by atoms with Gasteiger partial charge in [-0.1, -0.05) is 25.1 Å². The summed E-state index contributed by atoms with van der Waals surface area (Å²) < 4.78 is 27.4. The van der Waals surface area contributed by atoms with Crippen molar-refractivity contribution >= 4 is 27.3 Å². The third kappa shape index (κ3) is 3.63. The lowest BCUT2D eigenvalue weighted by Gasteiger charge is -2.34. The van der Waals surface area contributed by atoms with Crippen molar-refractivity contribution in [1.29, 1.82) is 0 Å². The number of sulfonamides is 1. The van der Waals surface area contributed by atoms with Gasteiger partial charge in [-0.3, -0.25) is 4.79 Å². The molecule has 7 heteroatoms. The first-order chi connectivity index (χ1) is 11.9. The van der Waals surface area contributed by atoms with Crippen LogP contribution < -0.4 is 0 Å². The van der Waals surface area contributed by atoms with Gasteiger partial charge in [0.2, 0.25) is 0 Å². The van der Waals surface area contributed by atoms with Crippen molar-refractivity contribution in [1.82, 2.24) is 9.21 Å². The van der Waals surface area contributed by atoms with Gasteiger partial charge in [0.05, 0.1) is 0 Å². The molecule has 3 rings (SSSR count). The van der Waals surface area contributed by atoms with Crippen LogP contribution in [-0.4, -0.2) is 49.7 Å². The van der Waals surface area contributed by atoms with Crippen LogP contribution in [0.25, 0.3) is 0 Å². The third-order valence-electron chi connectivity index (χ3n) is 4.48. The summed E-state index contributed by atoms with van der Waals surface area (Å²) >= 11 is 1.33. The van der Waals surface area contributed by atoms with E-state index in [-0.39, 0.29) is 5.91 Å². The Morgan fingerprint density at radius 3 is 2.36 bits per heavy atom. The van der Waals surface area contributed by atoms with Gasteiger partial charge in [0, 0.05) is 36.6 Å². The lowest BCUT2D eigenvalue weighted by atomic mass is 10.1. The van der Waals surface area contributed by atoms with E-state index < -0.39 is 10.0 Å². The van der Waals surface area contributed by atoms with Gasteiger partial charge in [0.1, 0.15) is 4.21 Å². The van der Waals surface area contributed by atoms with Gasteiger partial charge < -0.3 is 4.90 Å². The summed E-state index contributed by atoms with van der Waals surface area (Å²) in [7, 11) is -3.46. The van der Waals surface area contributed by atoms with Gasteiger partial charge in [-0.25, -0.2) is 8.42 Å². The minimum atomic E-state index is -3.46. The Bertz CT molecular complexity index is 866. The van der Waals surface area contributed by atoms with Crippen LogP contribution in [0.5, 0.6) is 0 Å². The molecule has 25 heavy (non-hydrogen) atoms. The van der Waals surface area contributed by atoms with Crippen LogP contribution in [0.2, 0.25) is 0 Å². The van der Waals surface area contributed by atoms with E-state index in [9.17, 15) is 13.2 Å². The van der Waals surface area contributed by atoms with Gasteiger partial charge in [-0.15, -0.1) is 11.3 Å². The molecule has 1 aliphatic rings. The number of hydrogen-bond acceptors (Lipinski definition) is 4. The Labute approximate surface area is 152 Å². The Morgan fingerprint density at radius 1 is 1.08 bits per heavy atom. The van der Waals surface area contributed by atoms with Crippen molar-refractivity contribution in [3.63, 3.8) is 0 Å². The summed E-state index contributed by atoms with van der Waals surface area (Å²) in [6.07, 6.45) is 0.832. The highest BCUT2D eigenvalue weighted by molar-refractivity contribution is 7.91. The Balaban J connectivity index is 1.69. The van der Waals surface area contributed by atoms with E-state index in [1.54, 1.807) is 11.0 Å². The normalized spacial score (nSPS) is 16.2. The molecule has 2 heterocycles. The molecule has 5 nitrogen and oxygen atoms in total. The van der Waals surface area contributed by atoms with Crippen LogP contribution in [0.1, 0.15) is 27.7 Å². The Morgan fingerprint density at radius 2 is 1.76 bits per heavy atom. The molecule has 0 unspecified atom stereocenters. The summed E-state index contributed by atoms with van der Waals surface area (Å²) in [6, 6.07) is 11.0. The zero-order valence-corrected chi connectivity index (χ0v) is 16.1. The number of amides is 1. The minimum absolute atomic E-state index is 0.0282. The number of thiophene rings is 1. The standard InChI is InChI=1S/C18H22N2O3S2/c1-3-15-8-9-17(24-15)25(22,23)20-12-10-19(11-13-20)18(21)16-7-5-4-6-14(16)2/h4-9H,3,10-13H2,1-2H3. The van der Waals surface area contributed by atoms with Crippen molar-refractivity contribution < 1.29 is 13.2 Å². The molecule has 1 aromatic carbocycles.